The summed E-state index contributed by atoms with van der Waals surface area (Å²) in [6.07, 6.45) is 4.87. The van der Waals surface area contributed by atoms with Crippen molar-refractivity contribution in [1.29, 1.82) is 0 Å². The van der Waals surface area contributed by atoms with E-state index in [1.807, 2.05) is 0 Å². The molecule has 8 heteroatoms. The zero-order chi connectivity index (χ0) is 23.1. The largest absolute Gasteiger partial charge is 0.477 e. The Morgan fingerprint density at radius 2 is 2.03 bits per heavy atom. The molecule has 1 amide bonds. The van der Waals surface area contributed by atoms with Crippen molar-refractivity contribution < 1.29 is 28.9 Å². The van der Waals surface area contributed by atoms with Crippen molar-refractivity contribution in [2.45, 2.75) is 50.7 Å². The summed E-state index contributed by atoms with van der Waals surface area (Å²) in [6, 6.07) is 1.09. The third-order valence-corrected chi connectivity index (χ3v) is 5.60. The maximum atomic E-state index is 13.6. The Morgan fingerprint density at radius 1 is 1.31 bits per heavy atom. The Bertz CT molecular complexity index is 876. The lowest BCUT2D eigenvalue weighted by Gasteiger charge is -2.23. The summed E-state index contributed by atoms with van der Waals surface area (Å²) in [5.74, 6) is 0.109. The van der Waals surface area contributed by atoms with Crippen LogP contribution in [0.5, 0.6) is 5.88 Å². The molecule has 2 fully saturated rings. The van der Waals surface area contributed by atoms with E-state index in [-0.39, 0.29) is 12.7 Å². The second kappa shape index (κ2) is 10.8. The van der Waals surface area contributed by atoms with E-state index in [2.05, 4.69) is 16.9 Å². The SMILES string of the molecule is C=C/C=C\C=C(/C)C(NC(=O)c1ccc(C2CC2)c(OCC2CCOCC2)n1)C(F)(F)F.[HH]. The highest BCUT2D eigenvalue weighted by molar-refractivity contribution is 5.93. The van der Waals surface area contributed by atoms with Crippen LogP contribution in [0.3, 0.4) is 0 Å². The van der Waals surface area contributed by atoms with Gasteiger partial charge in [0, 0.05) is 20.2 Å². The van der Waals surface area contributed by atoms with E-state index in [0.717, 1.165) is 31.2 Å². The van der Waals surface area contributed by atoms with E-state index in [9.17, 15) is 18.0 Å². The van der Waals surface area contributed by atoms with E-state index in [0.29, 0.717) is 37.5 Å². The first kappa shape index (κ1) is 24.0. The molecular formula is C24H31F3N2O3. The fourth-order valence-corrected chi connectivity index (χ4v) is 3.55. The molecule has 176 valence electrons. The second-order valence-electron chi connectivity index (χ2n) is 8.21. The number of nitrogens with zero attached hydrogens (tertiary/aromatic N) is 1. The van der Waals surface area contributed by atoms with Crippen LogP contribution in [0, 0.1) is 5.92 Å². The summed E-state index contributed by atoms with van der Waals surface area (Å²) in [5, 5.41) is 2.07. The number of allylic oxidation sites excluding steroid dienone is 4. The van der Waals surface area contributed by atoms with Crippen LogP contribution in [-0.4, -0.2) is 42.9 Å². The predicted octanol–water partition coefficient (Wildman–Crippen LogP) is 5.36. The molecular weight excluding hydrogens is 421 g/mol. The molecule has 0 spiro atoms. The number of hydrogen-bond donors (Lipinski definition) is 1. The van der Waals surface area contributed by atoms with Gasteiger partial charge in [-0.1, -0.05) is 36.9 Å². The Kier molecular flexibility index (Phi) is 8.12. The summed E-state index contributed by atoms with van der Waals surface area (Å²) in [6.45, 7) is 6.62. The number of carbonyl (C=O) groups is 1. The maximum absolute atomic E-state index is 13.6. The maximum Gasteiger partial charge on any atom is 0.412 e. The monoisotopic (exact) mass is 452 g/mol. The number of alkyl halides is 3. The Hall–Kier alpha value is -2.61. The molecule has 2 heterocycles. The highest BCUT2D eigenvalue weighted by Gasteiger charge is 2.42. The quantitative estimate of drug-likeness (QED) is 0.513. The first-order chi connectivity index (χ1) is 15.3. The van der Waals surface area contributed by atoms with Crippen LogP contribution in [0.25, 0.3) is 0 Å². The molecule has 0 aromatic carbocycles. The minimum absolute atomic E-state index is 0. The molecule has 1 aliphatic carbocycles. The van der Waals surface area contributed by atoms with Crippen molar-refractivity contribution in [2.75, 3.05) is 19.8 Å². The molecule has 0 radical (unpaired) electrons. The standard InChI is InChI=1S/C24H29F3N2O3.H2/c1-3-4-5-6-16(2)21(24(25,26)27)29-22(30)20-10-9-19(18-7-8-18)23(28-20)32-15-17-11-13-31-14-12-17;/h3-6,9-10,17-18,21H,1,7-8,11-15H2,2H3,(H,29,30);1H/b5-4-,16-6+;. The van der Waals surface area contributed by atoms with Crippen molar-refractivity contribution >= 4 is 5.91 Å². The van der Waals surface area contributed by atoms with Gasteiger partial charge in [0.25, 0.3) is 5.91 Å². The van der Waals surface area contributed by atoms with Gasteiger partial charge in [-0.3, -0.25) is 4.79 Å². The summed E-state index contributed by atoms with van der Waals surface area (Å²) in [4.78, 5) is 17.0. The first-order valence-corrected chi connectivity index (χ1v) is 10.8. The van der Waals surface area contributed by atoms with Crippen LogP contribution in [0.4, 0.5) is 13.2 Å². The molecule has 1 N–H and O–H groups in total. The highest BCUT2D eigenvalue weighted by atomic mass is 19.4. The predicted molar refractivity (Wildman–Crippen MR) is 118 cm³/mol. The van der Waals surface area contributed by atoms with Crippen molar-refractivity contribution in [3.8, 4) is 5.88 Å². The van der Waals surface area contributed by atoms with Crippen molar-refractivity contribution in [3.05, 3.63) is 59.8 Å². The minimum atomic E-state index is -4.64. The van der Waals surface area contributed by atoms with Gasteiger partial charge < -0.3 is 14.8 Å². The topological polar surface area (TPSA) is 60.5 Å². The van der Waals surface area contributed by atoms with Crippen LogP contribution >= 0.6 is 0 Å². The number of amides is 1. The molecule has 1 unspecified atom stereocenters. The average Bonchev–Trinajstić information content (AvgIpc) is 3.61. The fraction of sp³-hybridized carbons (Fsp3) is 0.500. The van der Waals surface area contributed by atoms with Crippen LogP contribution in [0.1, 0.15) is 56.0 Å². The van der Waals surface area contributed by atoms with Crippen LogP contribution < -0.4 is 10.1 Å². The Balaban J connectivity index is 0.00000385. The summed E-state index contributed by atoms with van der Waals surface area (Å²) in [5.41, 5.74) is 0.765. The van der Waals surface area contributed by atoms with Crippen molar-refractivity contribution in [2.24, 2.45) is 5.92 Å². The molecule has 1 saturated heterocycles. The fourth-order valence-electron chi connectivity index (χ4n) is 3.55. The molecule has 5 nitrogen and oxygen atoms in total. The van der Waals surface area contributed by atoms with Gasteiger partial charge >= 0.3 is 6.18 Å². The molecule has 32 heavy (non-hydrogen) atoms. The molecule has 1 saturated carbocycles. The number of rotatable bonds is 9. The van der Waals surface area contributed by atoms with Crippen LogP contribution in [0.15, 0.2) is 48.6 Å². The number of carbonyl (C=O) groups excluding carboxylic acids is 1. The summed E-state index contributed by atoms with van der Waals surface area (Å²) in [7, 11) is 0. The van der Waals surface area contributed by atoms with Gasteiger partial charge in [-0.2, -0.15) is 13.2 Å². The lowest BCUT2D eigenvalue weighted by Crippen LogP contribution is -2.46. The van der Waals surface area contributed by atoms with E-state index in [1.165, 1.54) is 37.3 Å². The zero-order valence-electron chi connectivity index (χ0n) is 18.2. The lowest BCUT2D eigenvalue weighted by molar-refractivity contribution is -0.144. The van der Waals surface area contributed by atoms with Gasteiger partial charge in [0.1, 0.15) is 11.7 Å². The van der Waals surface area contributed by atoms with E-state index in [4.69, 9.17) is 9.47 Å². The number of ether oxygens (including phenoxy) is 2. The number of halogens is 3. The molecule has 1 aliphatic heterocycles. The van der Waals surface area contributed by atoms with E-state index in [1.54, 1.807) is 6.07 Å². The smallest absolute Gasteiger partial charge is 0.412 e. The minimum Gasteiger partial charge on any atom is -0.477 e. The number of pyridine rings is 1. The third kappa shape index (κ3) is 6.69. The number of aromatic nitrogens is 1. The highest BCUT2D eigenvalue weighted by Crippen LogP contribution is 2.43. The molecule has 1 atom stereocenters. The molecule has 0 bridgehead atoms. The first-order valence-electron chi connectivity index (χ1n) is 10.8. The van der Waals surface area contributed by atoms with Crippen LogP contribution in [0.2, 0.25) is 0 Å². The second-order valence-corrected chi connectivity index (χ2v) is 8.21. The average molecular weight is 453 g/mol. The number of nitrogens with one attached hydrogen (secondary N) is 1. The Morgan fingerprint density at radius 3 is 2.66 bits per heavy atom. The molecule has 1 aromatic rings. The summed E-state index contributed by atoms with van der Waals surface area (Å²) >= 11 is 0. The molecule has 3 rings (SSSR count). The van der Waals surface area contributed by atoms with Gasteiger partial charge in [0.05, 0.1) is 6.61 Å². The normalized spacial score (nSPS) is 19.1. The van der Waals surface area contributed by atoms with Crippen molar-refractivity contribution in [1.82, 2.24) is 10.3 Å². The third-order valence-electron chi connectivity index (χ3n) is 5.60. The van der Waals surface area contributed by atoms with Crippen molar-refractivity contribution in [3.63, 3.8) is 0 Å². The van der Waals surface area contributed by atoms with E-state index >= 15 is 0 Å². The van der Waals surface area contributed by atoms with E-state index < -0.39 is 18.1 Å². The van der Waals surface area contributed by atoms with Gasteiger partial charge in [-0.05, 0) is 56.1 Å². The molecule has 2 aliphatic rings. The van der Waals surface area contributed by atoms with Crippen LogP contribution in [-0.2, 0) is 4.74 Å². The van der Waals surface area contributed by atoms with Gasteiger partial charge in [0.2, 0.25) is 5.88 Å². The lowest BCUT2D eigenvalue weighted by atomic mass is 10.0. The number of hydrogen-bond acceptors (Lipinski definition) is 4. The van der Waals surface area contributed by atoms with Gasteiger partial charge in [0.15, 0.2) is 0 Å². The zero-order valence-corrected chi connectivity index (χ0v) is 18.2. The van der Waals surface area contributed by atoms with Gasteiger partial charge in [-0.25, -0.2) is 4.98 Å². The Labute approximate surface area is 187 Å². The summed E-state index contributed by atoms with van der Waals surface area (Å²) < 4.78 is 52.1. The van der Waals surface area contributed by atoms with Gasteiger partial charge in [-0.15, -0.1) is 0 Å². The molecule has 1 aromatic heterocycles.